The van der Waals surface area contributed by atoms with E-state index in [-0.39, 0.29) is 5.69 Å². The molecule has 3 N–H and O–H groups in total. The zero-order chi connectivity index (χ0) is 25.7. The predicted molar refractivity (Wildman–Crippen MR) is 131 cm³/mol. The van der Waals surface area contributed by atoms with Crippen LogP contribution >= 0.6 is 0 Å². The van der Waals surface area contributed by atoms with Crippen LogP contribution < -0.4 is 15.4 Å². The van der Waals surface area contributed by atoms with Crippen LogP contribution in [-0.4, -0.2) is 50.0 Å². The lowest BCUT2D eigenvalue weighted by Crippen LogP contribution is -2.33. The Morgan fingerprint density at radius 1 is 1.22 bits per heavy atom. The second-order valence-corrected chi connectivity index (χ2v) is 8.84. The third-order valence-electron chi connectivity index (χ3n) is 4.74. The summed E-state index contributed by atoms with van der Waals surface area (Å²) in [6, 6.07) is 7.35. The SMILES string of the molecule is Cc1nc2ccc(OCCCNC(=O)OC(C)(C)C)c(-c3cc(Nc4cnc(C#N)cn4)n[nH]3)c2o1. The number of benzene rings is 1. The number of aromatic amines is 1. The van der Waals surface area contributed by atoms with Crippen molar-refractivity contribution in [3.8, 4) is 23.1 Å². The van der Waals surface area contributed by atoms with Crippen LogP contribution in [0.1, 0.15) is 38.8 Å². The van der Waals surface area contributed by atoms with Crippen LogP contribution in [0, 0.1) is 18.3 Å². The van der Waals surface area contributed by atoms with Crippen LogP contribution in [0.2, 0.25) is 0 Å². The van der Waals surface area contributed by atoms with Gasteiger partial charge in [0.15, 0.2) is 23.0 Å². The molecule has 0 radical (unpaired) electrons. The van der Waals surface area contributed by atoms with Crippen molar-refractivity contribution in [1.29, 1.82) is 5.26 Å². The Kier molecular flexibility index (Phi) is 7.00. The van der Waals surface area contributed by atoms with Crippen LogP contribution in [0.3, 0.4) is 0 Å². The second-order valence-electron chi connectivity index (χ2n) is 8.84. The summed E-state index contributed by atoms with van der Waals surface area (Å²) in [7, 11) is 0. The minimum atomic E-state index is -0.551. The Balaban J connectivity index is 1.48. The molecule has 0 fully saturated rings. The fourth-order valence-corrected chi connectivity index (χ4v) is 3.31. The molecule has 36 heavy (non-hydrogen) atoms. The number of nitriles is 1. The number of anilines is 2. The Labute approximate surface area is 207 Å². The second kappa shape index (κ2) is 10.3. The fourth-order valence-electron chi connectivity index (χ4n) is 3.31. The average molecular weight is 491 g/mol. The molecule has 4 aromatic rings. The summed E-state index contributed by atoms with van der Waals surface area (Å²) in [4.78, 5) is 24.4. The third kappa shape index (κ3) is 6.06. The number of alkyl carbamates (subject to hydrolysis) is 1. The van der Waals surface area contributed by atoms with Crippen LogP contribution in [0.4, 0.5) is 16.4 Å². The quantitative estimate of drug-likeness (QED) is 0.304. The summed E-state index contributed by atoms with van der Waals surface area (Å²) < 4.78 is 17.1. The molecule has 0 spiro atoms. The lowest BCUT2D eigenvalue weighted by Gasteiger charge is -2.19. The van der Waals surface area contributed by atoms with Gasteiger partial charge in [0, 0.05) is 19.5 Å². The Hall–Kier alpha value is -4.66. The lowest BCUT2D eigenvalue weighted by molar-refractivity contribution is 0.0525. The van der Waals surface area contributed by atoms with Crippen molar-refractivity contribution in [2.24, 2.45) is 0 Å². The molecule has 0 bridgehead atoms. The topological polar surface area (TPSA) is 164 Å². The van der Waals surface area contributed by atoms with Gasteiger partial charge in [0.1, 0.15) is 28.8 Å². The van der Waals surface area contributed by atoms with E-state index in [1.807, 2.05) is 39.0 Å². The van der Waals surface area contributed by atoms with Gasteiger partial charge in [-0.1, -0.05) is 0 Å². The first kappa shape index (κ1) is 24.5. The number of nitrogens with zero attached hydrogens (tertiary/aromatic N) is 5. The molecule has 12 nitrogen and oxygen atoms in total. The molecule has 3 aromatic heterocycles. The van der Waals surface area contributed by atoms with E-state index in [1.54, 1.807) is 13.0 Å². The fraction of sp³-hybridized carbons (Fsp3) is 0.333. The van der Waals surface area contributed by atoms with E-state index in [0.717, 1.165) is 0 Å². The van der Waals surface area contributed by atoms with E-state index in [4.69, 9.17) is 19.2 Å². The van der Waals surface area contributed by atoms with Gasteiger partial charge < -0.3 is 24.5 Å². The summed E-state index contributed by atoms with van der Waals surface area (Å²) in [5.74, 6) is 2.03. The standard InChI is InChI=1S/C24H26N8O4/c1-14-29-16-6-7-18(34-9-5-8-26-23(33)36-24(2,3)4)21(22(16)35-14)17-10-19(32-31-17)30-20-13-27-15(11-25)12-28-20/h6-7,10,12-13H,5,8-9H2,1-4H3,(H,26,33)(H2,28,30,31,32). The number of carbonyl (C=O) groups is 1. The highest BCUT2D eigenvalue weighted by molar-refractivity contribution is 5.93. The largest absolute Gasteiger partial charge is 0.493 e. The minimum Gasteiger partial charge on any atom is -0.493 e. The van der Waals surface area contributed by atoms with Crippen LogP contribution in [-0.2, 0) is 4.74 Å². The average Bonchev–Trinajstić information content (AvgIpc) is 3.43. The highest BCUT2D eigenvalue weighted by Gasteiger charge is 2.19. The number of amides is 1. The predicted octanol–water partition coefficient (Wildman–Crippen LogP) is 4.23. The summed E-state index contributed by atoms with van der Waals surface area (Å²) in [6.07, 6.45) is 2.93. The number of ether oxygens (including phenoxy) is 2. The van der Waals surface area contributed by atoms with Gasteiger partial charge in [-0.2, -0.15) is 10.4 Å². The zero-order valence-corrected chi connectivity index (χ0v) is 20.4. The highest BCUT2D eigenvalue weighted by Crippen LogP contribution is 2.37. The lowest BCUT2D eigenvalue weighted by atomic mass is 10.1. The Morgan fingerprint density at radius 2 is 2.06 bits per heavy atom. The molecule has 0 saturated carbocycles. The molecule has 1 amide bonds. The van der Waals surface area contributed by atoms with Crippen molar-refractivity contribution >= 4 is 28.8 Å². The van der Waals surface area contributed by atoms with E-state index in [9.17, 15) is 4.79 Å². The first-order valence-corrected chi connectivity index (χ1v) is 11.3. The molecule has 12 heteroatoms. The number of carbonyl (C=O) groups excluding carboxylic acids is 1. The van der Waals surface area contributed by atoms with Crippen molar-refractivity contribution in [3.05, 3.63) is 42.2 Å². The van der Waals surface area contributed by atoms with E-state index in [0.29, 0.717) is 65.2 Å². The van der Waals surface area contributed by atoms with Gasteiger partial charge in [-0.15, -0.1) is 0 Å². The maximum Gasteiger partial charge on any atom is 0.407 e. The third-order valence-corrected chi connectivity index (χ3v) is 4.74. The first-order chi connectivity index (χ1) is 17.2. The summed E-state index contributed by atoms with van der Waals surface area (Å²) in [5.41, 5.74) is 2.22. The number of aromatic nitrogens is 5. The Bertz CT molecular complexity index is 1400. The van der Waals surface area contributed by atoms with Crippen molar-refractivity contribution in [2.45, 2.75) is 39.7 Å². The molecular weight excluding hydrogens is 464 g/mol. The van der Waals surface area contributed by atoms with Crippen LogP contribution in [0.15, 0.2) is 35.0 Å². The minimum absolute atomic E-state index is 0.221. The summed E-state index contributed by atoms with van der Waals surface area (Å²) in [6.45, 7) is 7.96. The van der Waals surface area contributed by atoms with Gasteiger partial charge in [0.25, 0.3) is 0 Å². The van der Waals surface area contributed by atoms with Gasteiger partial charge in [-0.05, 0) is 39.3 Å². The summed E-state index contributed by atoms with van der Waals surface area (Å²) >= 11 is 0. The van der Waals surface area contributed by atoms with Gasteiger partial charge in [0.05, 0.1) is 30.3 Å². The number of fused-ring (bicyclic) bond motifs is 1. The van der Waals surface area contributed by atoms with Crippen molar-refractivity contribution in [3.63, 3.8) is 0 Å². The molecule has 1 aromatic carbocycles. The maximum atomic E-state index is 11.8. The molecule has 0 aliphatic heterocycles. The van der Waals surface area contributed by atoms with Crippen LogP contribution in [0.5, 0.6) is 5.75 Å². The number of nitrogens with one attached hydrogen (secondary N) is 3. The van der Waals surface area contributed by atoms with Gasteiger partial charge in [-0.25, -0.2) is 19.7 Å². The van der Waals surface area contributed by atoms with E-state index < -0.39 is 11.7 Å². The number of oxazole rings is 1. The van der Waals surface area contributed by atoms with Crippen molar-refractivity contribution in [1.82, 2.24) is 30.5 Å². The number of rotatable bonds is 8. The van der Waals surface area contributed by atoms with Crippen LogP contribution in [0.25, 0.3) is 22.4 Å². The van der Waals surface area contributed by atoms with Gasteiger partial charge in [0.2, 0.25) is 0 Å². The zero-order valence-electron chi connectivity index (χ0n) is 20.4. The number of H-pyrrole nitrogens is 1. The molecule has 0 atom stereocenters. The molecule has 0 aliphatic carbocycles. The molecule has 0 unspecified atom stereocenters. The monoisotopic (exact) mass is 490 g/mol. The Morgan fingerprint density at radius 3 is 2.78 bits per heavy atom. The van der Waals surface area contributed by atoms with E-state index >= 15 is 0 Å². The molecular formula is C24H26N8O4. The number of aryl methyl sites for hydroxylation is 1. The molecule has 0 saturated heterocycles. The van der Waals surface area contributed by atoms with Crippen molar-refractivity contribution in [2.75, 3.05) is 18.5 Å². The molecule has 3 heterocycles. The van der Waals surface area contributed by atoms with Crippen molar-refractivity contribution < 1.29 is 18.7 Å². The molecule has 4 rings (SSSR count). The number of hydrogen-bond donors (Lipinski definition) is 3. The molecule has 0 aliphatic rings. The van der Waals surface area contributed by atoms with E-state index in [1.165, 1.54) is 12.4 Å². The number of hydrogen-bond acceptors (Lipinski definition) is 10. The van der Waals surface area contributed by atoms with Gasteiger partial charge in [-0.3, -0.25) is 5.10 Å². The molecule has 186 valence electrons. The highest BCUT2D eigenvalue weighted by atomic mass is 16.6. The smallest absolute Gasteiger partial charge is 0.407 e. The normalized spacial score (nSPS) is 11.2. The first-order valence-electron chi connectivity index (χ1n) is 11.3. The van der Waals surface area contributed by atoms with E-state index in [2.05, 4.69) is 35.8 Å². The van der Waals surface area contributed by atoms with Gasteiger partial charge >= 0.3 is 6.09 Å². The maximum absolute atomic E-state index is 11.8. The summed E-state index contributed by atoms with van der Waals surface area (Å²) in [5, 5.41) is 21.9.